The van der Waals surface area contributed by atoms with Gasteiger partial charge < -0.3 is 4.74 Å². The maximum atomic E-state index is 12.8. The summed E-state index contributed by atoms with van der Waals surface area (Å²) in [4.78, 5) is 17.5. The van der Waals surface area contributed by atoms with Crippen molar-refractivity contribution in [1.82, 2.24) is 19.2 Å². The SMILES string of the molecule is COc1ccc2nc(Cn3nc(C)cc3Cl)cc(=O)n2c1C1CC1C. The minimum Gasteiger partial charge on any atom is -0.495 e. The van der Waals surface area contributed by atoms with E-state index in [4.69, 9.17) is 16.3 Å². The number of hydrogen-bond acceptors (Lipinski definition) is 4. The Morgan fingerprint density at radius 3 is 2.72 bits per heavy atom. The van der Waals surface area contributed by atoms with E-state index in [-0.39, 0.29) is 5.56 Å². The summed E-state index contributed by atoms with van der Waals surface area (Å²) < 4.78 is 8.80. The molecular formula is C18H19ClN4O2. The summed E-state index contributed by atoms with van der Waals surface area (Å²) in [5.41, 5.74) is 2.90. The fourth-order valence-corrected chi connectivity index (χ4v) is 3.59. The van der Waals surface area contributed by atoms with Crippen LogP contribution in [0.5, 0.6) is 5.75 Å². The Hall–Kier alpha value is -2.34. The monoisotopic (exact) mass is 358 g/mol. The van der Waals surface area contributed by atoms with Crippen LogP contribution in [0, 0.1) is 12.8 Å². The fraction of sp³-hybridized carbons (Fsp3) is 0.389. The first kappa shape index (κ1) is 16.1. The van der Waals surface area contributed by atoms with E-state index in [1.54, 1.807) is 28.3 Å². The first-order valence-corrected chi connectivity index (χ1v) is 8.65. The van der Waals surface area contributed by atoms with E-state index >= 15 is 0 Å². The maximum absolute atomic E-state index is 12.8. The summed E-state index contributed by atoms with van der Waals surface area (Å²) in [5, 5.41) is 4.85. The number of pyridine rings is 1. The van der Waals surface area contributed by atoms with Gasteiger partial charge in [-0.25, -0.2) is 9.67 Å². The first-order chi connectivity index (χ1) is 12.0. The van der Waals surface area contributed by atoms with E-state index in [9.17, 15) is 4.79 Å². The summed E-state index contributed by atoms with van der Waals surface area (Å²) in [6.45, 7) is 4.41. The van der Waals surface area contributed by atoms with Gasteiger partial charge in [0.2, 0.25) is 0 Å². The van der Waals surface area contributed by atoms with Gasteiger partial charge in [-0.05, 0) is 37.5 Å². The molecule has 3 aromatic rings. The van der Waals surface area contributed by atoms with E-state index in [1.807, 2.05) is 19.1 Å². The molecule has 6 nitrogen and oxygen atoms in total. The smallest absolute Gasteiger partial charge is 0.258 e. The normalized spacial score (nSPS) is 19.4. The van der Waals surface area contributed by atoms with Gasteiger partial charge in [0.15, 0.2) is 0 Å². The molecule has 0 saturated heterocycles. The molecule has 4 rings (SSSR count). The van der Waals surface area contributed by atoms with Crippen LogP contribution in [0.1, 0.15) is 36.3 Å². The second kappa shape index (κ2) is 5.88. The summed E-state index contributed by atoms with van der Waals surface area (Å²) in [6, 6.07) is 7.04. The van der Waals surface area contributed by atoms with Crippen molar-refractivity contribution in [3.63, 3.8) is 0 Å². The molecule has 0 aromatic carbocycles. The van der Waals surface area contributed by atoms with Crippen LogP contribution in [-0.4, -0.2) is 26.3 Å². The third-order valence-corrected chi connectivity index (χ3v) is 5.02. The van der Waals surface area contributed by atoms with Crippen LogP contribution in [-0.2, 0) is 6.54 Å². The third kappa shape index (κ3) is 2.80. The van der Waals surface area contributed by atoms with Gasteiger partial charge in [-0.3, -0.25) is 9.20 Å². The van der Waals surface area contributed by atoms with Crippen LogP contribution in [0.4, 0.5) is 0 Å². The molecule has 0 spiro atoms. The molecule has 1 saturated carbocycles. The molecule has 1 aliphatic carbocycles. The van der Waals surface area contributed by atoms with Crippen molar-refractivity contribution in [3.05, 3.63) is 56.9 Å². The number of rotatable bonds is 4. The molecule has 1 fully saturated rings. The van der Waals surface area contributed by atoms with Gasteiger partial charge in [-0.1, -0.05) is 18.5 Å². The number of ether oxygens (including phenoxy) is 1. The minimum atomic E-state index is -0.104. The van der Waals surface area contributed by atoms with Crippen LogP contribution < -0.4 is 10.3 Å². The van der Waals surface area contributed by atoms with E-state index < -0.39 is 0 Å². The second-order valence-corrected chi connectivity index (χ2v) is 7.04. The number of methoxy groups -OCH3 is 1. The Kier molecular flexibility index (Phi) is 3.80. The number of aryl methyl sites for hydroxylation is 1. The van der Waals surface area contributed by atoms with Crippen molar-refractivity contribution in [2.75, 3.05) is 7.11 Å². The highest BCUT2D eigenvalue weighted by Crippen LogP contribution is 2.49. The molecule has 25 heavy (non-hydrogen) atoms. The van der Waals surface area contributed by atoms with Gasteiger partial charge >= 0.3 is 0 Å². The Morgan fingerprint density at radius 2 is 2.12 bits per heavy atom. The van der Waals surface area contributed by atoms with Gasteiger partial charge in [0, 0.05) is 12.0 Å². The van der Waals surface area contributed by atoms with Crippen LogP contribution in [0.3, 0.4) is 0 Å². The zero-order valence-electron chi connectivity index (χ0n) is 14.4. The highest BCUT2D eigenvalue weighted by Gasteiger charge is 2.38. The summed E-state index contributed by atoms with van der Waals surface area (Å²) >= 11 is 6.16. The minimum absolute atomic E-state index is 0.104. The molecular weight excluding hydrogens is 340 g/mol. The van der Waals surface area contributed by atoms with Gasteiger partial charge in [0.1, 0.15) is 16.5 Å². The molecule has 7 heteroatoms. The predicted molar refractivity (Wildman–Crippen MR) is 95.6 cm³/mol. The Morgan fingerprint density at radius 1 is 1.36 bits per heavy atom. The average molecular weight is 359 g/mol. The number of fused-ring (bicyclic) bond motifs is 1. The number of hydrogen-bond donors (Lipinski definition) is 0. The molecule has 0 bridgehead atoms. The van der Waals surface area contributed by atoms with Crippen molar-refractivity contribution < 1.29 is 4.74 Å². The van der Waals surface area contributed by atoms with Crippen molar-refractivity contribution >= 4 is 17.2 Å². The number of halogens is 1. The molecule has 3 heterocycles. The Labute approximate surface area is 150 Å². The van der Waals surface area contributed by atoms with Gasteiger partial charge in [0.25, 0.3) is 5.56 Å². The fourth-order valence-electron chi connectivity index (χ4n) is 3.33. The topological polar surface area (TPSA) is 61.4 Å². The van der Waals surface area contributed by atoms with E-state index in [1.165, 1.54) is 0 Å². The maximum Gasteiger partial charge on any atom is 0.258 e. The van der Waals surface area contributed by atoms with Crippen molar-refractivity contribution in [3.8, 4) is 5.75 Å². The molecule has 0 amide bonds. The Balaban J connectivity index is 1.83. The summed E-state index contributed by atoms with van der Waals surface area (Å²) in [5.74, 6) is 1.63. The van der Waals surface area contributed by atoms with Crippen molar-refractivity contribution in [2.45, 2.75) is 32.7 Å². The van der Waals surface area contributed by atoms with Gasteiger partial charge in [-0.2, -0.15) is 5.10 Å². The highest BCUT2D eigenvalue weighted by molar-refractivity contribution is 6.29. The molecule has 1 aliphatic rings. The van der Waals surface area contributed by atoms with Gasteiger partial charge in [0.05, 0.1) is 30.7 Å². The zero-order chi connectivity index (χ0) is 17.7. The highest BCUT2D eigenvalue weighted by atomic mass is 35.5. The lowest BCUT2D eigenvalue weighted by Crippen LogP contribution is -2.20. The van der Waals surface area contributed by atoms with Crippen molar-refractivity contribution in [1.29, 1.82) is 0 Å². The number of nitrogens with zero attached hydrogens (tertiary/aromatic N) is 4. The summed E-state index contributed by atoms with van der Waals surface area (Å²) in [6.07, 6.45) is 1.06. The average Bonchev–Trinajstić information content (AvgIpc) is 3.20. The van der Waals surface area contributed by atoms with Crippen LogP contribution >= 0.6 is 11.6 Å². The van der Waals surface area contributed by atoms with Crippen LogP contribution in [0.2, 0.25) is 5.15 Å². The van der Waals surface area contributed by atoms with Crippen molar-refractivity contribution in [2.24, 2.45) is 5.92 Å². The molecule has 2 unspecified atom stereocenters. The first-order valence-electron chi connectivity index (χ1n) is 8.27. The molecule has 130 valence electrons. The molecule has 0 N–H and O–H groups in total. The molecule has 0 radical (unpaired) electrons. The quantitative estimate of drug-likeness (QED) is 0.719. The Bertz CT molecular complexity index is 1020. The third-order valence-electron chi connectivity index (χ3n) is 4.72. The standard InChI is InChI=1S/C18H19ClN4O2/c1-10-6-13(10)18-14(25-3)4-5-16-20-12(8-17(24)23(16)18)9-22-15(19)7-11(2)21-22/h4-5,7-8,10,13H,6,9H2,1-3H3. The van der Waals surface area contributed by atoms with Crippen LogP contribution in [0.15, 0.2) is 29.1 Å². The van der Waals surface area contributed by atoms with E-state index in [0.717, 1.165) is 23.6 Å². The predicted octanol–water partition coefficient (Wildman–Crippen LogP) is 3.03. The summed E-state index contributed by atoms with van der Waals surface area (Å²) in [7, 11) is 1.63. The second-order valence-electron chi connectivity index (χ2n) is 6.65. The lowest BCUT2D eigenvalue weighted by molar-refractivity contribution is 0.405. The zero-order valence-corrected chi connectivity index (χ0v) is 15.1. The largest absolute Gasteiger partial charge is 0.495 e. The number of aromatic nitrogens is 4. The van der Waals surface area contributed by atoms with E-state index in [2.05, 4.69) is 17.0 Å². The lowest BCUT2D eigenvalue weighted by Gasteiger charge is -2.13. The molecule has 2 atom stereocenters. The van der Waals surface area contributed by atoms with Gasteiger partial charge in [-0.15, -0.1) is 0 Å². The molecule has 0 aliphatic heterocycles. The van der Waals surface area contributed by atoms with Crippen LogP contribution in [0.25, 0.3) is 5.65 Å². The van der Waals surface area contributed by atoms with E-state index in [0.29, 0.717) is 34.9 Å². The molecule has 3 aromatic heterocycles. The lowest BCUT2D eigenvalue weighted by atomic mass is 10.2.